The fourth-order valence-corrected chi connectivity index (χ4v) is 9.74. The van der Waals surface area contributed by atoms with E-state index in [4.69, 9.17) is 0 Å². The Labute approximate surface area is 80.1 Å². The molecular formula is C5H10S2Se2. The van der Waals surface area contributed by atoms with Crippen LogP contribution >= 0.6 is 25.3 Å². The maximum absolute atomic E-state index is 4.33. The molecule has 1 rings (SSSR count). The maximum atomic E-state index is 4.33. The van der Waals surface area contributed by atoms with Crippen molar-refractivity contribution in [3.8, 4) is 0 Å². The zero-order chi connectivity index (χ0) is 6.69. The van der Waals surface area contributed by atoms with E-state index in [1.54, 1.807) is 0 Å². The average molecular weight is 292 g/mol. The van der Waals surface area contributed by atoms with E-state index in [-0.39, 0.29) is 0 Å². The Morgan fingerprint density at radius 2 is 2.11 bits per heavy atom. The molecule has 1 fully saturated rings. The van der Waals surface area contributed by atoms with Crippen LogP contribution in [0, 0.1) is 0 Å². The van der Waals surface area contributed by atoms with Gasteiger partial charge in [-0.1, -0.05) is 0 Å². The molecule has 0 amide bonds. The molecular weight excluding hydrogens is 282 g/mol. The third kappa shape index (κ3) is 3.09. The van der Waals surface area contributed by atoms with Crippen molar-refractivity contribution in [1.29, 1.82) is 0 Å². The summed E-state index contributed by atoms with van der Waals surface area (Å²) < 4.78 is 0.368. The second-order valence-electron chi connectivity index (χ2n) is 1.90. The van der Waals surface area contributed by atoms with Crippen LogP contribution in [0.15, 0.2) is 0 Å². The monoisotopic (exact) mass is 294 g/mol. The molecule has 0 aromatic carbocycles. The molecule has 0 aromatic rings. The molecule has 0 bridgehead atoms. The molecule has 0 N–H and O–H groups in total. The standard InChI is InChI=1S/C5H10S2Se2/c6-5(7)4-3-8-1-2-9-4/h4-7H,1-3H2. The Morgan fingerprint density at radius 1 is 1.33 bits per heavy atom. The van der Waals surface area contributed by atoms with E-state index < -0.39 is 0 Å². The minimum absolute atomic E-state index is 0.368. The van der Waals surface area contributed by atoms with Crippen molar-refractivity contribution in [2.24, 2.45) is 0 Å². The van der Waals surface area contributed by atoms with E-state index in [0.29, 0.717) is 4.58 Å². The van der Waals surface area contributed by atoms with Gasteiger partial charge in [0.1, 0.15) is 0 Å². The van der Waals surface area contributed by atoms with Crippen LogP contribution in [0.1, 0.15) is 0 Å². The zero-order valence-corrected chi connectivity index (χ0v) is 10.2. The molecule has 4 heteroatoms. The second kappa shape index (κ2) is 4.58. The summed E-state index contributed by atoms with van der Waals surface area (Å²) in [5, 5.41) is 4.43. The number of thiol groups is 2. The van der Waals surface area contributed by atoms with Gasteiger partial charge in [-0.25, -0.2) is 0 Å². The van der Waals surface area contributed by atoms with Gasteiger partial charge >= 0.3 is 80.5 Å². The van der Waals surface area contributed by atoms with Gasteiger partial charge in [-0.2, -0.15) is 0 Å². The average Bonchev–Trinajstić information content (AvgIpc) is 1.90. The first kappa shape index (κ1) is 8.83. The molecule has 0 nitrogen and oxygen atoms in total. The Kier molecular flexibility index (Phi) is 4.50. The topological polar surface area (TPSA) is 0 Å². The van der Waals surface area contributed by atoms with Gasteiger partial charge in [-0.3, -0.25) is 0 Å². The Hall–Kier alpha value is 1.74. The van der Waals surface area contributed by atoms with Gasteiger partial charge < -0.3 is 0 Å². The van der Waals surface area contributed by atoms with Gasteiger partial charge in [0.05, 0.1) is 0 Å². The molecule has 0 aromatic heterocycles. The van der Waals surface area contributed by atoms with Crippen LogP contribution in [0.5, 0.6) is 0 Å². The Morgan fingerprint density at radius 3 is 2.44 bits per heavy atom. The third-order valence-electron chi connectivity index (χ3n) is 1.17. The fourth-order valence-electron chi connectivity index (χ4n) is 0.678. The van der Waals surface area contributed by atoms with Gasteiger partial charge in [0.15, 0.2) is 0 Å². The molecule has 1 atom stereocenters. The first-order valence-electron chi connectivity index (χ1n) is 2.86. The predicted molar refractivity (Wildman–Crippen MR) is 51.4 cm³/mol. The summed E-state index contributed by atoms with van der Waals surface area (Å²) in [6.07, 6.45) is 0. The minimum atomic E-state index is 0.368. The van der Waals surface area contributed by atoms with Gasteiger partial charge in [0.2, 0.25) is 0 Å². The third-order valence-corrected chi connectivity index (χ3v) is 10.2. The molecule has 9 heavy (non-hydrogen) atoms. The SMILES string of the molecule is SC(S)C1C[Se]CC[Se]1. The van der Waals surface area contributed by atoms with Crippen LogP contribution in [-0.2, 0) is 0 Å². The normalized spacial score (nSPS) is 29.0. The van der Waals surface area contributed by atoms with E-state index in [2.05, 4.69) is 25.3 Å². The number of hydrogen-bond donors (Lipinski definition) is 2. The summed E-state index contributed by atoms with van der Waals surface area (Å²) in [7, 11) is 0. The van der Waals surface area contributed by atoms with Gasteiger partial charge in [0.25, 0.3) is 0 Å². The molecule has 1 aliphatic rings. The first-order valence-corrected chi connectivity index (χ1v) is 8.52. The van der Waals surface area contributed by atoms with Crippen LogP contribution in [0.2, 0.25) is 20.8 Å². The fraction of sp³-hybridized carbons (Fsp3) is 1.00. The summed E-state index contributed by atoms with van der Waals surface area (Å²) in [5.41, 5.74) is 0. The first-order chi connectivity index (χ1) is 4.30. The van der Waals surface area contributed by atoms with Crippen LogP contribution in [-0.4, -0.2) is 34.5 Å². The molecule has 0 aliphatic carbocycles. The molecule has 1 unspecified atom stereocenters. The van der Waals surface area contributed by atoms with E-state index >= 15 is 0 Å². The van der Waals surface area contributed by atoms with Crippen molar-refractivity contribution in [1.82, 2.24) is 0 Å². The van der Waals surface area contributed by atoms with E-state index in [1.165, 1.54) is 16.0 Å². The van der Waals surface area contributed by atoms with Crippen molar-refractivity contribution in [2.45, 2.75) is 25.4 Å². The molecule has 1 aliphatic heterocycles. The van der Waals surface area contributed by atoms with Crippen molar-refractivity contribution < 1.29 is 0 Å². The van der Waals surface area contributed by atoms with Crippen molar-refractivity contribution >= 4 is 55.2 Å². The Bertz CT molecular complexity index is 81.0. The molecule has 0 spiro atoms. The van der Waals surface area contributed by atoms with Crippen LogP contribution in [0.25, 0.3) is 0 Å². The van der Waals surface area contributed by atoms with E-state index in [9.17, 15) is 0 Å². The summed E-state index contributed by atoms with van der Waals surface area (Å²) in [4.78, 5) is 0.873. The molecule has 54 valence electrons. The van der Waals surface area contributed by atoms with Gasteiger partial charge in [-0.15, -0.1) is 0 Å². The van der Waals surface area contributed by atoms with Gasteiger partial charge in [0, 0.05) is 0 Å². The van der Waals surface area contributed by atoms with Gasteiger partial charge in [-0.05, 0) is 0 Å². The van der Waals surface area contributed by atoms with Crippen molar-refractivity contribution in [2.75, 3.05) is 0 Å². The second-order valence-corrected chi connectivity index (χ2v) is 8.66. The van der Waals surface area contributed by atoms with Crippen LogP contribution in [0.4, 0.5) is 0 Å². The summed E-state index contributed by atoms with van der Waals surface area (Å²) in [6, 6.07) is 0. The number of rotatable bonds is 1. The summed E-state index contributed by atoms with van der Waals surface area (Å²) in [5.74, 6) is 0. The number of hydrogen-bond acceptors (Lipinski definition) is 2. The van der Waals surface area contributed by atoms with Crippen LogP contribution < -0.4 is 0 Å². The van der Waals surface area contributed by atoms with Crippen molar-refractivity contribution in [3.05, 3.63) is 0 Å². The van der Waals surface area contributed by atoms with Crippen LogP contribution in [0.3, 0.4) is 0 Å². The van der Waals surface area contributed by atoms with Crippen molar-refractivity contribution in [3.63, 3.8) is 0 Å². The molecule has 1 saturated heterocycles. The predicted octanol–water partition coefficient (Wildman–Crippen LogP) is 1.64. The quantitative estimate of drug-likeness (QED) is 0.410. The molecule has 0 radical (unpaired) electrons. The Balaban J connectivity index is 2.23. The molecule has 1 heterocycles. The molecule has 0 saturated carbocycles. The van der Waals surface area contributed by atoms with E-state index in [0.717, 1.165) is 34.7 Å². The zero-order valence-electron chi connectivity index (χ0n) is 4.99. The van der Waals surface area contributed by atoms with E-state index in [1.807, 2.05) is 0 Å². The summed E-state index contributed by atoms with van der Waals surface area (Å²) in [6.45, 7) is 0. The summed E-state index contributed by atoms with van der Waals surface area (Å²) >= 11 is 10.4.